The fourth-order valence-corrected chi connectivity index (χ4v) is 4.19. The number of imidazole rings is 1. The Balaban J connectivity index is 1.55. The number of halogens is 5. The summed E-state index contributed by atoms with van der Waals surface area (Å²) in [5, 5.41) is 6.17. The molecule has 1 atom stereocenters. The minimum absolute atomic E-state index is 0.0108. The van der Waals surface area contributed by atoms with Crippen molar-refractivity contribution in [3.05, 3.63) is 59.2 Å². The van der Waals surface area contributed by atoms with Gasteiger partial charge in [-0.1, -0.05) is 6.07 Å². The Morgan fingerprint density at radius 2 is 1.89 bits per heavy atom. The zero-order valence-electron chi connectivity index (χ0n) is 18.7. The van der Waals surface area contributed by atoms with E-state index in [2.05, 4.69) is 30.6 Å². The maximum absolute atomic E-state index is 14.9. The molecule has 0 aliphatic carbocycles. The molecule has 5 rings (SSSR count). The number of rotatable bonds is 4. The number of anilines is 2. The Kier molecular flexibility index (Phi) is 5.62. The smallest absolute Gasteiger partial charge is 0.316 e. The first kappa shape index (κ1) is 23.1. The van der Waals surface area contributed by atoms with Gasteiger partial charge in [-0.15, -0.1) is 0 Å². The third kappa shape index (κ3) is 4.29. The number of fused-ring (bicyclic) bond motifs is 2. The van der Waals surface area contributed by atoms with E-state index in [0.717, 1.165) is 54.5 Å². The van der Waals surface area contributed by atoms with Crippen LogP contribution in [0.2, 0.25) is 0 Å². The van der Waals surface area contributed by atoms with Crippen molar-refractivity contribution in [1.29, 1.82) is 0 Å². The fraction of sp³-hybridized carbons (Fsp3) is 0.304. The average molecular weight is 489 g/mol. The second-order valence-electron chi connectivity index (χ2n) is 8.32. The van der Waals surface area contributed by atoms with Crippen LogP contribution in [0.1, 0.15) is 30.0 Å². The van der Waals surface area contributed by atoms with E-state index in [9.17, 15) is 22.0 Å². The van der Waals surface area contributed by atoms with E-state index in [1.54, 1.807) is 6.07 Å². The summed E-state index contributed by atoms with van der Waals surface area (Å²) in [6.45, 7) is 3.83. The van der Waals surface area contributed by atoms with Crippen LogP contribution in [-0.4, -0.2) is 37.2 Å². The van der Waals surface area contributed by atoms with Gasteiger partial charge in [0.25, 0.3) is 0 Å². The molecular weight excluding hydrogens is 469 g/mol. The van der Waals surface area contributed by atoms with Gasteiger partial charge in [0.15, 0.2) is 11.6 Å². The Bertz CT molecular complexity index is 1430. The summed E-state index contributed by atoms with van der Waals surface area (Å²) >= 11 is 0. The van der Waals surface area contributed by atoms with E-state index in [-0.39, 0.29) is 34.1 Å². The van der Waals surface area contributed by atoms with Crippen LogP contribution in [0.25, 0.3) is 22.3 Å². The van der Waals surface area contributed by atoms with Crippen molar-refractivity contribution in [2.24, 2.45) is 0 Å². The lowest BCUT2D eigenvalue weighted by Gasteiger charge is -2.19. The van der Waals surface area contributed by atoms with E-state index in [1.807, 2.05) is 6.07 Å². The summed E-state index contributed by atoms with van der Waals surface area (Å²) < 4.78 is 70.8. The van der Waals surface area contributed by atoms with Crippen molar-refractivity contribution in [3.63, 3.8) is 0 Å². The predicted octanol–water partition coefficient (Wildman–Crippen LogP) is 4.99. The first-order valence-corrected chi connectivity index (χ1v) is 10.9. The Morgan fingerprint density at radius 1 is 1.09 bits per heavy atom. The van der Waals surface area contributed by atoms with Crippen molar-refractivity contribution >= 4 is 22.8 Å². The minimum atomic E-state index is -4.58. The SMILES string of the molecule is Cc1nc2c(F)cc(-c3nc(Nc4ccc5c(n4)CCNC5)ncc3F)cc2n1C(C)C(F)(F)F. The molecule has 182 valence electrons. The number of hydrogen-bond donors (Lipinski definition) is 2. The molecule has 35 heavy (non-hydrogen) atoms. The van der Waals surface area contributed by atoms with Crippen molar-refractivity contribution in [1.82, 2.24) is 29.8 Å². The molecule has 1 aliphatic rings. The molecule has 3 aromatic heterocycles. The maximum atomic E-state index is 14.9. The molecule has 4 heterocycles. The maximum Gasteiger partial charge on any atom is 0.408 e. The number of nitrogens with one attached hydrogen (secondary N) is 2. The monoisotopic (exact) mass is 489 g/mol. The van der Waals surface area contributed by atoms with E-state index >= 15 is 0 Å². The zero-order valence-corrected chi connectivity index (χ0v) is 18.7. The summed E-state index contributed by atoms with van der Waals surface area (Å²) in [6, 6.07) is 3.94. The van der Waals surface area contributed by atoms with E-state index < -0.39 is 23.9 Å². The standard InChI is InChI=1S/C23H20F5N7/c1-11(23(26,27)28)35-12(2)31-21-15(24)7-14(8-18(21)35)20-16(25)10-30-22(34-20)33-19-4-3-13-9-29-6-5-17(13)32-19/h3-4,7-8,10-11,29H,5-6,9H2,1-2H3,(H,30,32,33,34). The summed E-state index contributed by atoms with van der Waals surface area (Å²) in [5.41, 5.74) is 1.34. The van der Waals surface area contributed by atoms with Gasteiger partial charge >= 0.3 is 6.18 Å². The predicted molar refractivity (Wildman–Crippen MR) is 119 cm³/mol. The van der Waals surface area contributed by atoms with Crippen molar-refractivity contribution in [2.45, 2.75) is 39.0 Å². The lowest BCUT2D eigenvalue weighted by Crippen LogP contribution is -2.24. The quantitative estimate of drug-likeness (QED) is 0.394. The molecule has 7 nitrogen and oxygen atoms in total. The molecule has 0 spiro atoms. The van der Waals surface area contributed by atoms with Gasteiger partial charge in [0.1, 0.15) is 28.9 Å². The number of aryl methyl sites for hydroxylation is 1. The highest BCUT2D eigenvalue weighted by molar-refractivity contribution is 5.83. The van der Waals surface area contributed by atoms with Crippen LogP contribution < -0.4 is 10.6 Å². The van der Waals surface area contributed by atoms with Gasteiger partial charge in [0.05, 0.1) is 11.7 Å². The number of aromatic nitrogens is 5. The number of alkyl halides is 3. The third-order valence-electron chi connectivity index (χ3n) is 5.97. The van der Waals surface area contributed by atoms with Crippen molar-refractivity contribution in [2.75, 3.05) is 11.9 Å². The van der Waals surface area contributed by atoms with Crippen molar-refractivity contribution < 1.29 is 22.0 Å². The number of hydrogen-bond acceptors (Lipinski definition) is 6. The Labute approximate surface area is 196 Å². The number of pyridine rings is 1. The summed E-state index contributed by atoms with van der Waals surface area (Å²) in [5.74, 6) is -1.29. The molecule has 1 unspecified atom stereocenters. The number of benzene rings is 1. The Hall–Kier alpha value is -3.67. The lowest BCUT2D eigenvalue weighted by atomic mass is 10.1. The van der Waals surface area contributed by atoms with E-state index in [0.29, 0.717) is 5.82 Å². The van der Waals surface area contributed by atoms with Crippen LogP contribution in [0.5, 0.6) is 0 Å². The Morgan fingerprint density at radius 3 is 2.66 bits per heavy atom. The van der Waals surface area contributed by atoms with E-state index in [1.165, 1.54) is 13.0 Å². The summed E-state index contributed by atoms with van der Waals surface area (Å²) in [4.78, 5) is 16.6. The van der Waals surface area contributed by atoms with Crippen LogP contribution in [0.15, 0.2) is 30.5 Å². The molecule has 0 saturated heterocycles. The van der Waals surface area contributed by atoms with Crippen LogP contribution in [0, 0.1) is 18.6 Å². The normalized spacial score (nSPS) is 14.7. The molecule has 2 N–H and O–H groups in total. The van der Waals surface area contributed by atoms with Crippen LogP contribution in [0.3, 0.4) is 0 Å². The first-order valence-electron chi connectivity index (χ1n) is 10.9. The number of nitrogens with zero attached hydrogens (tertiary/aromatic N) is 5. The van der Waals surface area contributed by atoms with Crippen molar-refractivity contribution in [3.8, 4) is 11.3 Å². The van der Waals surface area contributed by atoms with Gasteiger partial charge in [-0.25, -0.2) is 28.7 Å². The molecule has 0 bridgehead atoms. The molecule has 1 aliphatic heterocycles. The van der Waals surface area contributed by atoms with Gasteiger partial charge in [0, 0.05) is 30.8 Å². The average Bonchev–Trinajstić information content (AvgIpc) is 3.15. The van der Waals surface area contributed by atoms with Gasteiger partial charge in [-0.2, -0.15) is 13.2 Å². The van der Waals surface area contributed by atoms with Crippen LogP contribution >= 0.6 is 0 Å². The molecular formula is C23H20F5N7. The largest absolute Gasteiger partial charge is 0.408 e. The molecule has 0 saturated carbocycles. The first-order chi connectivity index (χ1) is 16.6. The third-order valence-corrected chi connectivity index (χ3v) is 5.97. The highest BCUT2D eigenvalue weighted by Crippen LogP contribution is 2.36. The highest BCUT2D eigenvalue weighted by atomic mass is 19.4. The lowest BCUT2D eigenvalue weighted by molar-refractivity contribution is -0.162. The van der Waals surface area contributed by atoms with Gasteiger partial charge in [-0.3, -0.25) is 0 Å². The van der Waals surface area contributed by atoms with Crippen LogP contribution in [0.4, 0.5) is 33.7 Å². The molecule has 0 radical (unpaired) electrons. The van der Waals surface area contributed by atoms with Gasteiger partial charge < -0.3 is 15.2 Å². The summed E-state index contributed by atoms with van der Waals surface area (Å²) in [6.07, 6.45) is -2.92. The fourth-order valence-electron chi connectivity index (χ4n) is 4.19. The highest BCUT2D eigenvalue weighted by Gasteiger charge is 2.39. The van der Waals surface area contributed by atoms with E-state index in [4.69, 9.17) is 0 Å². The van der Waals surface area contributed by atoms with Gasteiger partial charge in [-0.05, 0) is 37.6 Å². The summed E-state index contributed by atoms with van der Waals surface area (Å²) in [7, 11) is 0. The molecule has 4 aromatic rings. The molecule has 1 aromatic carbocycles. The molecule has 0 fully saturated rings. The van der Waals surface area contributed by atoms with Gasteiger partial charge in [0.2, 0.25) is 5.95 Å². The molecule has 0 amide bonds. The minimum Gasteiger partial charge on any atom is -0.316 e. The second-order valence-corrected chi connectivity index (χ2v) is 8.32. The second kappa shape index (κ2) is 8.52. The van der Waals surface area contributed by atoms with Crippen LogP contribution in [-0.2, 0) is 13.0 Å². The zero-order chi connectivity index (χ0) is 24.9. The topological polar surface area (TPSA) is 80.6 Å². The molecule has 12 heteroatoms.